The molecule has 0 fully saturated rings. The molecule has 0 N–H and O–H groups in total. The molecule has 0 spiro atoms. The van der Waals surface area contributed by atoms with Crippen molar-refractivity contribution in [1.29, 1.82) is 0 Å². The first kappa shape index (κ1) is 73.0. The Kier molecular flexibility index (Phi) is 17.1. The van der Waals surface area contributed by atoms with E-state index >= 15 is 0 Å². The van der Waals surface area contributed by atoms with E-state index in [0.29, 0.717) is 11.6 Å². The fourth-order valence-corrected chi connectivity index (χ4v) is 26.2. The van der Waals surface area contributed by atoms with Crippen LogP contribution in [0.3, 0.4) is 0 Å². The van der Waals surface area contributed by atoms with E-state index in [-0.39, 0.29) is 0 Å². The number of hydrogen-bond donors (Lipinski definition) is 0. The third-order valence-electron chi connectivity index (χ3n) is 25.2. The topological polar surface area (TPSA) is 51.6 Å². The highest BCUT2D eigenvalue weighted by Gasteiger charge is 2.25. The minimum absolute atomic E-state index is 0.676. The monoisotopic (exact) mass is 1710 g/mol. The zero-order valence-corrected chi connectivity index (χ0v) is 72.2. The Morgan fingerprint density at radius 1 is 0.127 bits per heavy atom. The fourth-order valence-electron chi connectivity index (χ4n) is 19.0. The van der Waals surface area contributed by atoms with Crippen molar-refractivity contribution in [2.24, 2.45) is 0 Å². The molecule has 0 saturated heterocycles. The van der Waals surface area contributed by atoms with Gasteiger partial charge in [-0.25, -0.2) is 19.9 Å². The molecule has 26 rings (SSSR count). The van der Waals surface area contributed by atoms with E-state index in [2.05, 4.69) is 400 Å². The molecular formula is C116H66N4S6. The van der Waals surface area contributed by atoms with Crippen molar-refractivity contribution in [2.45, 2.75) is 0 Å². The first-order chi connectivity index (χ1) is 62.4. The van der Waals surface area contributed by atoms with Crippen LogP contribution in [0.1, 0.15) is 0 Å². The third-order valence-corrected chi connectivity index (χ3v) is 32.4. The summed E-state index contributed by atoms with van der Waals surface area (Å²) in [5.41, 5.74) is 25.8. The zero-order chi connectivity index (χ0) is 82.6. The molecule has 8 aromatic heterocycles. The normalized spacial score (nSPS) is 12.0. The quantitative estimate of drug-likeness (QED) is 0.115. The van der Waals surface area contributed by atoms with Crippen LogP contribution in [0.15, 0.2) is 400 Å². The summed E-state index contributed by atoms with van der Waals surface area (Å²) in [7, 11) is 0. The molecule has 8 heterocycles. The molecule has 0 saturated carbocycles. The van der Waals surface area contributed by atoms with Crippen molar-refractivity contribution in [3.63, 3.8) is 0 Å². The second-order valence-corrected chi connectivity index (χ2v) is 38.9. The Labute approximate surface area is 748 Å². The lowest BCUT2D eigenvalue weighted by Gasteiger charge is -2.16. The maximum Gasteiger partial charge on any atom is 0.160 e. The second kappa shape index (κ2) is 29.6. The van der Waals surface area contributed by atoms with Gasteiger partial charge in [-0.2, -0.15) is 0 Å². The van der Waals surface area contributed by atoms with Gasteiger partial charge in [0.1, 0.15) is 0 Å². The maximum atomic E-state index is 5.61. The van der Waals surface area contributed by atoms with E-state index in [1.54, 1.807) is 0 Å². The number of nitrogens with zero attached hydrogens (tertiary/aromatic N) is 4. The highest BCUT2D eigenvalue weighted by Crippen LogP contribution is 2.51. The molecule has 0 aliphatic rings. The molecule has 0 amide bonds. The van der Waals surface area contributed by atoms with Crippen LogP contribution in [0.25, 0.3) is 267 Å². The molecule has 4 nitrogen and oxygen atoms in total. The largest absolute Gasteiger partial charge is 0.228 e. The molecule has 0 radical (unpaired) electrons. The predicted molar refractivity (Wildman–Crippen MR) is 546 cm³/mol. The Balaban J connectivity index is 0.551. The summed E-state index contributed by atoms with van der Waals surface area (Å²) in [6.45, 7) is 0. The number of rotatable bonds is 13. The van der Waals surface area contributed by atoms with Gasteiger partial charge in [0.25, 0.3) is 0 Å². The number of thiophene rings is 6. The highest BCUT2D eigenvalue weighted by atomic mass is 32.1. The van der Waals surface area contributed by atoms with Crippen molar-refractivity contribution in [3.8, 4) is 146 Å². The average molecular weight is 1710 g/mol. The molecule has 586 valence electrons. The summed E-state index contributed by atoms with van der Waals surface area (Å²) in [4.78, 5) is 22.0. The first-order valence-electron chi connectivity index (χ1n) is 42.3. The van der Waals surface area contributed by atoms with Gasteiger partial charge in [-0.05, 0) is 163 Å². The standard InChI is InChI=1S/C116H66N4S6/c1-3-19-71(20-4-1)115-117-99(65-101(119-115)94-59-74(75-51-56-107-96(61-75)86-25-9-11-35-103(86)121-107)47-53-79(94)76-52-58-108-97(63-76)87-26-10-12-36-104(87)122-108)69-43-39-67(40-44-69)73-50-57-109-98(60-73)93-34-17-29-82(113(93)125-109)78-49-55-88-92-32-16-28-81(112(92)126-110(88)64-78)77-48-54-83(89-30-18-33-91-85-24-8-14-38-106(85)124-114(89)91)95(62-77)102-66-100(118-116(120-102)72-21-5-2-6-22-72)70-45-41-68(42-46-70)80-27-15-31-90-84-23-7-13-37-105(84)123-111(80)90/h1-66H. The molecule has 0 atom stereocenters. The lowest BCUT2D eigenvalue weighted by atomic mass is 9.91. The third kappa shape index (κ3) is 12.3. The highest BCUT2D eigenvalue weighted by molar-refractivity contribution is 7.28. The molecule has 0 aliphatic heterocycles. The minimum atomic E-state index is 0.676. The van der Waals surface area contributed by atoms with E-state index in [9.17, 15) is 0 Å². The van der Waals surface area contributed by atoms with Crippen molar-refractivity contribution in [1.82, 2.24) is 19.9 Å². The van der Waals surface area contributed by atoms with Crippen LogP contribution >= 0.6 is 68.0 Å². The van der Waals surface area contributed by atoms with Gasteiger partial charge in [-0.3, -0.25) is 0 Å². The van der Waals surface area contributed by atoms with Gasteiger partial charge < -0.3 is 0 Å². The first-order valence-corrected chi connectivity index (χ1v) is 47.2. The summed E-state index contributed by atoms with van der Waals surface area (Å²) in [6, 6.07) is 148. The van der Waals surface area contributed by atoms with Crippen LogP contribution in [-0.4, -0.2) is 19.9 Å². The molecule has 26 aromatic rings. The van der Waals surface area contributed by atoms with Crippen molar-refractivity contribution < 1.29 is 0 Å². The van der Waals surface area contributed by atoms with Gasteiger partial charge in [0.05, 0.1) is 22.8 Å². The van der Waals surface area contributed by atoms with Crippen LogP contribution in [0.5, 0.6) is 0 Å². The number of benzene rings is 18. The summed E-state index contributed by atoms with van der Waals surface area (Å²) >= 11 is 11.2. The van der Waals surface area contributed by atoms with E-state index in [1.165, 1.54) is 154 Å². The van der Waals surface area contributed by atoms with Gasteiger partial charge in [-0.1, -0.05) is 309 Å². The summed E-state index contributed by atoms with van der Waals surface area (Å²) in [6.07, 6.45) is 0. The molecular weight excluding hydrogens is 1640 g/mol. The lowest BCUT2D eigenvalue weighted by Crippen LogP contribution is -1.97. The lowest BCUT2D eigenvalue weighted by molar-refractivity contribution is 1.18. The molecule has 0 aliphatic carbocycles. The number of hydrogen-bond acceptors (Lipinski definition) is 10. The van der Waals surface area contributed by atoms with Gasteiger partial charge in [0.15, 0.2) is 11.6 Å². The van der Waals surface area contributed by atoms with Crippen molar-refractivity contribution >= 4 is 189 Å². The Morgan fingerprint density at radius 3 is 0.968 bits per heavy atom. The van der Waals surface area contributed by atoms with Crippen LogP contribution in [-0.2, 0) is 0 Å². The maximum absolute atomic E-state index is 5.61. The summed E-state index contributed by atoms with van der Waals surface area (Å²) in [5, 5.41) is 15.2. The van der Waals surface area contributed by atoms with Crippen molar-refractivity contribution in [3.05, 3.63) is 400 Å². The second-order valence-electron chi connectivity index (χ2n) is 32.5. The number of fused-ring (bicyclic) bond motifs is 18. The zero-order valence-electron chi connectivity index (χ0n) is 67.3. The molecule has 10 heteroatoms. The summed E-state index contributed by atoms with van der Waals surface area (Å²) < 4.78 is 15.3. The van der Waals surface area contributed by atoms with Gasteiger partial charge >= 0.3 is 0 Å². The van der Waals surface area contributed by atoms with Crippen molar-refractivity contribution in [2.75, 3.05) is 0 Å². The smallest absolute Gasteiger partial charge is 0.160 e. The average Bonchev–Trinajstić information content (AvgIpc) is 1.50. The molecule has 18 aromatic carbocycles. The van der Waals surface area contributed by atoms with E-state index in [0.717, 1.165) is 101 Å². The summed E-state index contributed by atoms with van der Waals surface area (Å²) in [5.74, 6) is 1.35. The van der Waals surface area contributed by atoms with Crippen LogP contribution < -0.4 is 0 Å². The van der Waals surface area contributed by atoms with Gasteiger partial charge in [0.2, 0.25) is 0 Å². The van der Waals surface area contributed by atoms with E-state index in [4.69, 9.17) is 19.9 Å². The molecule has 126 heavy (non-hydrogen) atoms. The van der Waals surface area contributed by atoms with E-state index in [1.807, 2.05) is 68.0 Å². The van der Waals surface area contributed by atoms with Crippen LogP contribution in [0.4, 0.5) is 0 Å². The number of aromatic nitrogens is 4. The van der Waals surface area contributed by atoms with E-state index < -0.39 is 0 Å². The molecule has 0 unspecified atom stereocenters. The minimum Gasteiger partial charge on any atom is -0.228 e. The van der Waals surface area contributed by atoms with Gasteiger partial charge in [-0.15, -0.1) is 68.0 Å². The predicted octanol–water partition coefficient (Wildman–Crippen LogP) is 35.1. The SMILES string of the molecule is c1ccc(-c2nc(-c3ccc(-c4ccc5sc6c(-c7ccc8c(c7)sc7c(-c9ccc(-c%10cccc%11c%10sc%10ccccc%10%11)c(-c%10cc(-c%11ccc(-c%12cccc%13c%12sc%12ccccc%12%13)cc%11)nc(-c%11ccccc%11)n%10)c9)cccc78)cccc6c5c4)cc3)cc(-c3cc(-c4ccc5sc6ccccc6c5c4)ccc3-c3ccc4sc5ccccc5c4c3)n2)cc1. The molecule has 0 bridgehead atoms. The van der Waals surface area contributed by atoms with Crippen LogP contribution in [0, 0.1) is 0 Å². The Bertz CT molecular complexity index is 8980. The fraction of sp³-hybridized carbons (Fsp3) is 0. The Hall–Kier alpha value is -14.6. The van der Waals surface area contributed by atoms with Gasteiger partial charge in [0, 0.05) is 160 Å². The Morgan fingerprint density at radius 2 is 0.429 bits per heavy atom. The van der Waals surface area contributed by atoms with Crippen LogP contribution in [0.2, 0.25) is 0 Å².